The van der Waals surface area contributed by atoms with E-state index in [0.29, 0.717) is 42.9 Å². The van der Waals surface area contributed by atoms with Crippen LogP contribution in [0.2, 0.25) is 0 Å². The fraction of sp³-hybridized carbons (Fsp3) is 0.357. The van der Waals surface area contributed by atoms with E-state index in [9.17, 15) is 4.79 Å². The highest BCUT2D eigenvalue weighted by Gasteiger charge is 2.22. The van der Waals surface area contributed by atoms with Gasteiger partial charge < -0.3 is 25.4 Å². The maximum atomic E-state index is 12.4. The molecular weight excluding hydrogens is 542 g/mol. The zero-order chi connectivity index (χ0) is 27.9. The summed E-state index contributed by atoms with van der Waals surface area (Å²) in [5, 5.41) is 8.99. The first-order valence-electron chi connectivity index (χ1n) is 13.6. The molecule has 6 rings (SSSR count). The number of benzene rings is 1. The molecule has 1 unspecified atom stereocenters. The lowest BCUT2D eigenvalue weighted by Crippen LogP contribution is -2.35. The van der Waals surface area contributed by atoms with Crippen LogP contribution >= 0.6 is 11.3 Å². The summed E-state index contributed by atoms with van der Waals surface area (Å²) in [5.74, 6) is 1.79. The Morgan fingerprint density at radius 2 is 1.88 bits per heavy atom. The Morgan fingerprint density at radius 3 is 2.66 bits per heavy atom. The predicted molar refractivity (Wildman–Crippen MR) is 154 cm³/mol. The number of hydrogen-bond acceptors (Lipinski definition) is 11. The Kier molecular flexibility index (Phi) is 8.78. The monoisotopic (exact) mass is 573 g/mol. The standard InChI is InChI=1S/C28H31N9O3S/c38-28(31-15-21-7-8-30-18-32-21)33-20-3-1-19(2-4-20)25-34-26(23-16-29-9-12-40-23)36-27(35-25)24-6-5-22(41-24)17-37-10-13-39-14-11-37/h1-8,18,23,29H,9-17H2,(H2,31,33,38). The summed E-state index contributed by atoms with van der Waals surface area (Å²) in [7, 11) is 0. The summed E-state index contributed by atoms with van der Waals surface area (Å²) in [6.45, 7) is 6.66. The second-order valence-corrected chi connectivity index (χ2v) is 10.8. The van der Waals surface area contributed by atoms with Crippen molar-refractivity contribution in [2.75, 3.05) is 51.3 Å². The van der Waals surface area contributed by atoms with Gasteiger partial charge >= 0.3 is 6.03 Å². The highest BCUT2D eigenvalue weighted by atomic mass is 32.1. The van der Waals surface area contributed by atoms with Crippen LogP contribution in [0.4, 0.5) is 10.5 Å². The Hall–Kier alpha value is -3.88. The van der Waals surface area contributed by atoms with E-state index in [0.717, 1.165) is 55.5 Å². The Morgan fingerprint density at radius 1 is 1.02 bits per heavy atom. The molecule has 5 heterocycles. The first-order chi connectivity index (χ1) is 20.2. The molecule has 0 aliphatic carbocycles. The van der Waals surface area contributed by atoms with E-state index < -0.39 is 0 Å². The molecule has 4 aromatic rings. The first-order valence-corrected chi connectivity index (χ1v) is 14.4. The molecule has 3 N–H and O–H groups in total. The number of ether oxygens (including phenoxy) is 2. The molecule has 12 nitrogen and oxygen atoms in total. The number of carbonyl (C=O) groups is 1. The number of rotatable bonds is 8. The number of hydrogen-bond donors (Lipinski definition) is 3. The second-order valence-electron chi connectivity index (χ2n) is 9.64. The fourth-order valence-corrected chi connectivity index (χ4v) is 5.53. The SMILES string of the molecule is O=C(NCc1ccncn1)Nc1ccc(-c2nc(-c3ccc(CN4CCOCC4)s3)nc(C3CNCCO3)n2)cc1. The van der Waals surface area contributed by atoms with Crippen molar-refractivity contribution in [3.63, 3.8) is 0 Å². The van der Waals surface area contributed by atoms with E-state index in [4.69, 9.17) is 24.4 Å². The molecule has 1 atom stereocenters. The van der Waals surface area contributed by atoms with Gasteiger partial charge in [-0.25, -0.2) is 29.7 Å². The molecule has 2 amide bonds. The number of thiophene rings is 1. The maximum absolute atomic E-state index is 12.4. The van der Waals surface area contributed by atoms with E-state index in [2.05, 4.69) is 43.0 Å². The van der Waals surface area contributed by atoms with Crippen LogP contribution in [0.1, 0.15) is 22.5 Å². The molecule has 2 saturated heterocycles. The average Bonchev–Trinajstić information content (AvgIpc) is 3.50. The number of nitrogens with one attached hydrogen (secondary N) is 3. The van der Waals surface area contributed by atoms with Crippen molar-refractivity contribution in [1.82, 2.24) is 40.5 Å². The van der Waals surface area contributed by atoms with Gasteiger partial charge in [-0.2, -0.15) is 0 Å². The van der Waals surface area contributed by atoms with E-state index >= 15 is 0 Å². The molecule has 0 radical (unpaired) electrons. The van der Waals surface area contributed by atoms with E-state index in [-0.39, 0.29) is 12.1 Å². The molecule has 41 heavy (non-hydrogen) atoms. The van der Waals surface area contributed by atoms with Crippen LogP contribution in [0, 0.1) is 0 Å². The highest BCUT2D eigenvalue weighted by Crippen LogP contribution is 2.30. The van der Waals surface area contributed by atoms with Crippen molar-refractivity contribution in [1.29, 1.82) is 0 Å². The van der Waals surface area contributed by atoms with Crippen LogP contribution in [0.25, 0.3) is 22.1 Å². The Labute approximate surface area is 241 Å². The maximum Gasteiger partial charge on any atom is 0.319 e. The summed E-state index contributed by atoms with van der Waals surface area (Å²) >= 11 is 1.70. The molecule has 0 bridgehead atoms. The average molecular weight is 574 g/mol. The lowest BCUT2D eigenvalue weighted by molar-refractivity contribution is 0.0221. The number of carbonyl (C=O) groups excluding carboxylic acids is 1. The Bertz CT molecular complexity index is 1440. The molecule has 2 aliphatic heterocycles. The first kappa shape index (κ1) is 27.3. The van der Waals surface area contributed by atoms with Gasteiger partial charge in [-0.05, 0) is 42.5 Å². The van der Waals surface area contributed by atoms with Crippen LogP contribution < -0.4 is 16.0 Å². The minimum atomic E-state index is -0.325. The van der Waals surface area contributed by atoms with Gasteiger partial charge in [-0.15, -0.1) is 11.3 Å². The number of anilines is 1. The quantitative estimate of drug-likeness (QED) is 0.288. The molecule has 13 heteroatoms. The molecule has 1 aromatic carbocycles. The summed E-state index contributed by atoms with van der Waals surface area (Å²) < 4.78 is 11.5. The van der Waals surface area contributed by atoms with Crippen molar-refractivity contribution < 1.29 is 14.3 Å². The lowest BCUT2D eigenvalue weighted by Gasteiger charge is -2.25. The van der Waals surface area contributed by atoms with Gasteiger partial charge in [0.15, 0.2) is 17.5 Å². The zero-order valence-corrected chi connectivity index (χ0v) is 23.3. The van der Waals surface area contributed by atoms with E-state index in [1.165, 1.54) is 11.2 Å². The molecule has 0 spiro atoms. The van der Waals surface area contributed by atoms with Gasteiger partial charge in [-0.1, -0.05) is 0 Å². The third-order valence-electron chi connectivity index (χ3n) is 6.71. The van der Waals surface area contributed by atoms with Crippen LogP contribution in [0.15, 0.2) is 55.0 Å². The van der Waals surface area contributed by atoms with Crippen molar-refractivity contribution in [3.05, 3.63) is 71.4 Å². The largest absolute Gasteiger partial charge is 0.379 e. The molecule has 2 aliphatic rings. The van der Waals surface area contributed by atoms with Gasteiger partial charge in [0.1, 0.15) is 12.4 Å². The van der Waals surface area contributed by atoms with Crippen LogP contribution in [0.5, 0.6) is 0 Å². The smallest absolute Gasteiger partial charge is 0.319 e. The van der Waals surface area contributed by atoms with E-state index in [1.807, 2.05) is 24.3 Å². The van der Waals surface area contributed by atoms with Crippen molar-refractivity contribution in [2.24, 2.45) is 0 Å². The van der Waals surface area contributed by atoms with E-state index in [1.54, 1.807) is 23.6 Å². The minimum absolute atomic E-state index is 0.253. The van der Waals surface area contributed by atoms with Gasteiger partial charge in [0.05, 0.1) is 36.9 Å². The molecule has 2 fully saturated rings. The summed E-state index contributed by atoms with van der Waals surface area (Å²) in [6.07, 6.45) is 2.83. The summed E-state index contributed by atoms with van der Waals surface area (Å²) in [6, 6.07) is 13.1. The number of nitrogens with zero attached hydrogens (tertiary/aromatic N) is 6. The number of urea groups is 1. The fourth-order valence-electron chi connectivity index (χ4n) is 4.54. The van der Waals surface area contributed by atoms with Crippen LogP contribution in [0.3, 0.4) is 0 Å². The molecular formula is C28H31N9O3S. The number of amides is 2. The van der Waals surface area contributed by atoms with Crippen molar-refractivity contribution in [2.45, 2.75) is 19.2 Å². The molecule has 212 valence electrons. The van der Waals surface area contributed by atoms with Crippen LogP contribution in [-0.4, -0.2) is 81.9 Å². The van der Waals surface area contributed by atoms with Gasteiger partial charge in [0.25, 0.3) is 0 Å². The Balaban J connectivity index is 1.19. The highest BCUT2D eigenvalue weighted by molar-refractivity contribution is 7.15. The lowest BCUT2D eigenvalue weighted by atomic mass is 10.2. The van der Waals surface area contributed by atoms with Crippen molar-refractivity contribution in [3.8, 4) is 22.1 Å². The summed E-state index contributed by atoms with van der Waals surface area (Å²) in [4.78, 5) is 39.5. The third-order valence-corrected chi connectivity index (χ3v) is 7.77. The zero-order valence-electron chi connectivity index (χ0n) is 22.5. The van der Waals surface area contributed by atoms with Gasteiger partial charge in [0.2, 0.25) is 0 Å². The normalized spacial score (nSPS) is 17.7. The van der Waals surface area contributed by atoms with Gasteiger partial charge in [-0.3, -0.25) is 4.90 Å². The van der Waals surface area contributed by atoms with Gasteiger partial charge in [0, 0.05) is 55.0 Å². The second kappa shape index (κ2) is 13.2. The van der Waals surface area contributed by atoms with Crippen LogP contribution in [-0.2, 0) is 22.6 Å². The third kappa shape index (κ3) is 7.26. The number of morpholine rings is 2. The number of aromatic nitrogens is 5. The molecule has 0 saturated carbocycles. The summed E-state index contributed by atoms with van der Waals surface area (Å²) in [5.41, 5.74) is 2.19. The predicted octanol–water partition coefficient (Wildman–Crippen LogP) is 2.87. The minimum Gasteiger partial charge on any atom is -0.379 e. The topological polar surface area (TPSA) is 139 Å². The molecule has 3 aromatic heterocycles. The van der Waals surface area contributed by atoms with Crippen molar-refractivity contribution >= 4 is 23.1 Å².